The SMILES string of the molecule is CCc1nc(Cl)ncc1Cl. The van der Waals surface area contributed by atoms with Gasteiger partial charge in [0, 0.05) is 0 Å². The van der Waals surface area contributed by atoms with E-state index in [0.29, 0.717) is 5.02 Å². The van der Waals surface area contributed by atoms with Crippen LogP contribution in [-0.4, -0.2) is 9.97 Å². The Morgan fingerprint density at radius 1 is 1.50 bits per heavy atom. The van der Waals surface area contributed by atoms with Gasteiger partial charge >= 0.3 is 0 Å². The Hall–Kier alpha value is -0.340. The molecule has 0 atom stereocenters. The molecule has 0 aliphatic carbocycles. The molecule has 1 rings (SSSR count). The van der Waals surface area contributed by atoms with Gasteiger partial charge in [0.05, 0.1) is 16.9 Å². The molecule has 0 bridgehead atoms. The monoisotopic (exact) mass is 176 g/mol. The van der Waals surface area contributed by atoms with Crippen LogP contribution >= 0.6 is 23.2 Å². The molecule has 0 aromatic carbocycles. The Bertz CT molecular complexity index is 237. The summed E-state index contributed by atoms with van der Waals surface area (Å²) in [6.45, 7) is 1.96. The fraction of sp³-hybridized carbons (Fsp3) is 0.333. The highest BCUT2D eigenvalue weighted by atomic mass is 35.5. The van der Waals surface area contributed by atoms with Gasteiger partial charge in [0.1, 0.15) is 0 Å². The van der Waals surface area contributed by atoms with Gasteiger partial charge in [-0.3, -0.25) is 0 Å². The van der Waals surface area contributed by atoms with Crippen molar-refractivity contribution in [1.82, 2.24) is 9.97 Å². The van der Waals surface area contributed by atoms with Crippen molar-refractivity contribution >= 4 is 23.2 Å². The highest BCUT2D eigenvalue weighted by molar-refractivity contribution is 6.31. The molecule has 0 spiro atoms. The van der Waals surface area contributed by atoms with Crippen molar-refractivity contribution in [1.29, 1.82) is 0 Å². The average molecular weight is 177 g/mol. The molecule has 1 heterocycles. The molecule has 0 N–H and O–H groups in total. The normalized spacial score (nSPS) is 9.90. The predicted molar refractivity (Wildman–Crippen MR) is 41.4 cm³/mol. The number of hydrogen-bond acceptors (Lipinski definition) is 2. The molecule has 1 aromatic rings. The quantitative estimate of drug-likeness (QED) is 0.615. The maximum Gasteiger partial charge on any atom is 0.222 e. The van der Waals surface area contributed by atoms with Gasteiger partial charge in [0.2, 0.25) is 5.28 Å². The van der Waals surface area contributed by atoms with Crippen molar-refractivity contribution in [3.8, 4) is 0 Å². The second-order valence-corrected chi connectivity index (χ2v) is 2.53. The largest absolute Gasteiger partial charge is 0.225 e. The summed E-state index contributed by atoms with van der Waals surface area (Å²) in [6, 6.07) is 0. The third kappa shape index (κ3) is 1.58. The molecule has 0 aliphatic rings. The molecule has 0 radical (unpaired) electrons. The smallest absolute Gasteiger partial charge is 0.222 e. The van der Waals surface area contributed by atoms with E-state index in [1.165, 1.54) is 6.20 Å². The summed E-state index contributed by atoms with van der Waals surface area (Å²) in [7, 11) is 0. The number of hydrogen-bond donors (Lipinski definition) is 0. The summed E-state index contributed by atoms with van der Waals surface area (Å²) in [6.07, 6.45) is 2.29. The second-order valence-electron chi connectivity index (χ2n) is 1.79. The Morgan fingerprint density at radius 3 is 2.70 bits per heavy atom. The molecule has 0 unspecified atom stereocenters. The molecule has 1 aromatic heterocycles. The number of halogens is 2. The number of nitrogens with zero attached hydrogens (tertiary/aromatic N) is 2. The number of aromatic nitrogens is 2. The number of rotatable bonds is 1. The second kappa shape index (κ2) is 3.17. The van der Waals surface area contributed by atoms with Gasteiger partial charge in [0.25, 0.3) is 0 Å². The zero-order valence-electron chi connectivity index (χ0n) is 5.43. The van der Waals surface area contributed by atoms with Gasteiger partial charge < -0.3 is 0 Å². The molecule has 10 heavy (non-hydrogen) atoms. The Labute approximate surface area is 69.2 Å². The van der Waals surface area contributed by atoms with E-state index in [1.807, 2.05) is 6.92 Å². The lowest BCUT2D eigenvalue weighted by atomic mass is 10.3. The van der Waals surface area contributed by atoms with Gasteiger partial charge in [0.15, 0.2) is 0 Å². The van der Waals surface area contributed by atoms with Crippen molar-refractivity contribution in [2.24, 2.45) is 0 Å². The lowest BCUT2D eigenvalue weighted by Gasteiger charge is -1.97. The average Bonchev–Trinajstić information content (AvgIpc) is 1.94. The van der Waals surface area contributed by atoms with E-state index >= 15 is 0 Å². The lowest BCUT2D eigenvalue weighted by Crippen LogP contribution is -1.90. The van der Waals surface area contributed by atoms with Crippen LogP contribution in [-0.2, 0) is 6.42 Å². The highest BCUT2D eigenvalue weighted by Crippen LogP contribution is 2.13. The van der Waals surface area contributed by atoms with E-state index in [1.54, 1.807) is 0 Å². The van der Waals surface area contributed by atoms with E-state index < -0.39 is 0 Å². The molecule has 54 valence electrons. The minimum absolute atomic E-state index is 0.251. The fourth-order valence-electron chi connectivity index (χ4n) is 0.626. The maximum atomic E-state index is 5.71. The third-order valence-electron chi connectivity index (χ3n) is 1.12. The van der Waals surface area contributed by atoms with Crippen molar-refractivity contribution in [3.63, 3.8) is 0 Å². The molecule has 0 saturated carbocycles. The van der Waals surface area contributed by atoms with Crippen molar-refractivity contribution in [2.75, 3.05) is 0 Å². The van der Waals surface area contributed by atoms with Gasteiger partial charge in [-0.2, -0.15) is 0 Å². The zero-order valence-corrected chi connectivity index (χ0v) is 6.95. The molecule has 2 nitrogen and oxygen atoms in total. The Morgan fingerprint density at radius 2 is 2.20 bits per heavy atom. The summed E-state index contributed by atoms with van der Waals surface area (Å²) < 4.78 is 0. The summed E-state index contributed by atoms with van der Waals surface area (Å²) in [5, 5.41) is 0.827. The molecular formula is C6H6Cl2N2. The van der Waals surface area contributed by atoms with E-state index in [-0.39, 0.29) is 5.28 Å². The summed E-state index contributed by atoms with van der Waals surface area (Å²) in [4.78, 5) is 7.62. The summed E-state index contributed by atoms with van der Waals surface area (Å²) >= 11 is 11.2. The van der Waals surface area contributed by atoms with Crippen molar-refractivity contribution < 1.29 is 0 Å². The van der Waals surface area contributed by atoms with Crippen LogP contribution in [0.1, 0.15) is 12.6 Å². The fourth-order valence-corrected chi connectivity index (χ4v) is 1.00. The molecule has 0 saturated heterocycles. The minimum atomic E-state index is 0.251. The summed E-state index contributed by atoms with van der Waals surface area (Å²) in [5.74, 6) is 0. The van der Waals surface area contributed by atoms with Gasteiger partial charge in [-0.1, -0.05) is 18.5 Å². The topological polar surface area (TPSA) is 25.8 Å². The Balaban J connectivity index is 3.09. The van der Waals surface area contributed by atoms with Crippen LogP contribution in [0.15, 0.2) is 6.20 Å². The van der Waals surface area contributed by atoms with Gasteiger partial charge in [-0.15, -0.1) is 0 Å². The van der Waals surface area contributed by atoms with Crippen molar-refractivity contribution in [3.05, 3.63) is 22.2 Å². The van der Waals surface area contributed by atoms with Crippen molar-refractivity contribution in [2.45, 2.75) is 13.3 Å². The molecule has 0 aliphatic heterocycles. The summed E-state index contributed by atoms with van der Waals surface area (Å²) in [5.41, 5.74) is 0.793. The highest BCUT2D eigenvalue weighted by Gasteiger charge is 1.99. The standard InChI is InChI=1S/C6H6Cl2N2/c1-2-5-4(7)3-9-6(8)10-5/h3H,2H2,1H3. The van der Waals surface area contributed by atoms with E-state index in [0.717, 1.165) is 12.1 Å². The molecule has 0 amide bonds. The van der Waals surface area contributed by atoms with Crippen LogP contribution in [0, 0.1) is 0 Å². The van der Waals surface area contributed by atoms with Crippen LogP contribution in [0.2, 0.25) is 10.3 Å². The third-order valence-corrected chi connectivity index (χ3v) is 1.62. The first-order chi connectivity index (χ1) is 4.74. The first kappa shape index (κ1) is 7.76. The zero-order chi connectivity index (χ0) is 7.56. The van der Waals surface area contributed by atoms with Crippen LogP contribution in [0.4, 0.5) is 0 Å². The first-order valence-corrected chi connectivity index (χ1v) is 3.66. The lowest BCUT2D eigenvalue weighted by molar-refractivity contribution is 0.999. The maximum absolute atomic E-state index is 5.71. The van der Waals surface area contributed by atoms with E-state index in [9.17, 15) is 0 Å². The van der Waals surface area contributed by atoms with Gasteiger partial charge in [-0.05, 0) is 18.0 Å². The first-order valence-electron chi connectivity index (χ1n) is 2.91. The van der Waals surface area contributed by atoms with Gasteiger partial charge in [-0.25, -0.2) is 9.97 Å². The molecular weight excluding hydrogens is 171 g/mol. The van der Waals surface area contributed by atoms with Crippen LogP contribution in [0.25, 0.3) is 0 Å². The molecule has 0 fully saturated rings. The van der Waals surface area contributed by atoms with Crippen LogP contribution in [0.3, 0.4) is 0 Å². The Kier molecular flexibility index (Phi) is 2.46. The van der Waals surface area contributed by atoms with E-state index in [4.69, 9.17) is 23.2 Å². The predicted octanol–water partition coefficient (Wildman–Crippen LogP) is 2.35. The van der Waals surface area contributed by atoms with Crippen LogP contribution in [0.5, 0.6) is 0 Å². The van der Waals surface area contributed by atoms with E-state index in [2.05, 4.69) is 9.97 Å². The molecule has 4 heteroatoms. The van der Waals surface area contributed by atoms with Crippen LogP contribution < -0.4 is 0 Å². The number of aryl methyl sites for hydroxylation is 1. The minimum Gasteiger partial charge on any atom is -0.225 e.